The SMILES string of the molecule is O=C(O)CCNCCCCN1CCN(Cc2ccccc2)CC1. The summed E-state index contributed by atoms with van der Waals surface area (Å²) in [5.41, 5.74) is 1.40. The van der Waals surface area contributed by atoms with E-state index in [4.69, 9.17) is 5.11 Å². The lowest BCUT2D eigenvalue weighted by atomic mass is 10.2. The second kappa shape index (κ2) is 10.4. The summed E-state index contributed by atoms with van der Waals surface area (Å²) in [5.74, 6) is -0.731. The fourth-order valence-corrected chi connectivity index (χ4v) is 2.92. The molecule has 1 aliphatic rings. The van der Waals surface area contributed by atoms with Crippen LogP contribution < -0.4 is 5.32 Å². The van der Waals surface area contributed by atoms with E-state index in [2.05, 4.69) is 45.4 Å². The molecule has 0 aliphatic carbocycles. The van der Waals surface area contributed by atoms with Crippen molar-refractivity contribution in [1.29, 1.82) is 0 Å². The predicted octanol–water partition coefficient (Wildman–Crippen LogP) is 1.65. The average Bonchev–Trinajstić information content (AvgIpc) is 2.56. The Kier molecular flexibility index (Phi) is 8.07. The van der Waals surface area contributed by atoms with E-state index in [0.717, 1.165) is 52.2 Å². The summed E-state index contributed by atoms with van der Waals surface area (Å²) in [4.78, 5) is 15.5. The van der Waals surface area contributed by atoms with E-state index in [1.165, 1.54) is 12.0 Å². The van der Waals surface area contributed by atoms with Gasteiger partial charge in [-0.05, 0) is 31.5 Å². The lowest BCUT2D eigenvalue weighted by Crippen LogP contribution is -2.46. The third-order valence-corrected chi connectivity index (χ3v) is 4.31. The molecule has 5 nitrogen and oxygen atoms in total. The average molecular weight is 319 g/mol. The van der Waals surface area contributed by atoms with E-state index in [0.29, 0.717) is 6.54 Å². The molecule has 2 N–H and O–H groups in total. The maximum Gasteiger partial charge on any atom is 0.304 e. The van der Waals surface area contributed by atoms with E-state index >= 15 is 0 Å². The number of rotatable bonds is 10. The van der Waals surface area contributed by atoms with Crippen LogP contribution in [0.25, 0.3) is 0 Å². The van der Waals surface area contributed by atoms with Crippen LogP contribution in [-0.2, 0) is 11.3 Å². The quantitative estimate of drug-likeness (QED) is 0.642. The van der Waals surface area contributed by atoms with E-state index in [9.17, 15) is 4.79 Å². The van der Waals surface area contributed by atoms with Gasteiger partial charge in [0.05, 0.1) is 6.42 Å². The Labute approximate surface area is 139 Å². The van der Waals surface area contributed by atoms with Gasteiger partial charge in [-0.1, -0.05) is 30.3 Å². The van der Waals surface area contributed by atoms with Crippen molar-refractivity contribution in [3.05, 3.63) is 35.9 Å². The van der Waals surface area contributed by atoms with Crippen molar-refractivity contribution in [2.24, 2.45) is 0 Å². The summed E-state index contributed by atoms with van der Waals surface area (Å²) < 4.78 is 0. The second-order valence-electron chi connectivity index (χ2n) is 6.20. The van der Waals surface area contributed by atoms with E-state index in [1.807, 2.05) is 0 Å². The summed E-state index contributed by atoms with van der Waals surface area (Å²) in [6.07, 6.45) is 2.51. The molecule has 0 aromatic heterocycles. The van der Waals surface area contributed by atoms with Crippen molar-refractivity contribution >= 4 is 5.97 Å². The van der Waals surface area contributed by atoms with E-state index in [-0.39, 0.29) is 6.42 Å². The van der Waals surface area contributed by atoms with Crippen LogP contribution in [0.4, 0.5) is 0 Å². The highest BCUT2D eigenvalue weighted by Crippen LogP contribution is 2.08. The Balaban J connectivity index is 1.49. The zero-order chi connectivity index (χ0) is 16.3. The third kappa shape index (κ3) is 7.59. The van der Waals surface area contributed by atoms with Crippen LogP contribution in [-0.4, -0.2) is 66.7 Å². The maximum atomic E-state index is 10.4. The molecule has 1 aromatic rings. The summed E-state index contributed by atoms with van der Waals surface area (Å²) in [7, 11) is 0. The molecule has 0 spiro atoms. The van der Waals surface area contributed by atoms with Crippen LogP contribution in [0.5, 0.6) is 0 Å². The molecule has 1 heterocycles. The molecule has 0 radical (unpaired) electrons. The van der Waals surface area contributed by atoms with Crippen molar-refractivity contribution in [3.63, 3.8) is 0 Å². The highest BCUT2D eigenvalue weighted by atomic mass is 16.4. The first-order valence-electron chi connectivity index (χ1n) is 8.65. The second-order valence-corrected chi connectivity index (χ2v) is 6.20. The van der Waals surface area contributed by atoms with Gasteiger partial charge in [0.2, 0.25) is 0 Å². The molecular weight excluding hydrogens is 290 g/mol. The molecule has 0 saturated carbocycles. The van der Waals surface area contributed by atoms with Gasteiger partial charge in [-0.3, -0.25) is 9.69 Å². The molecule has 0 bridgehead atoms. The normalized spacial score (nSPS) is 16.5. The molecule has 0 amide bonds. The lowest BCUT2D eigenvalue weighted by molar-refractivity contribution is -0.136. The van der Waals surface area contributed by atoms with Crippen molar-refractivity contribution < 1.29 is 9.90 Å². The van der Waals surface area contributed by atoms with Crippen molar-refractivity contribution in [3.8, 4) is 0 Å². The van der Waals surface area contributed by atoms with Gasteiger partial charge in [-0.15, -0.1) is 0 Å². The first-order chi connectivity index (χ1) is 11.2. The van der Waals surface area contributed by atoms with Gasteiger partial charge in [0.1, 0.15) is 0 Å². The maximum absolute atomic E-state index is 10.4. The number of carbonyl (C=O) groups is 1. The molecule has 128 valence electrons. The summed E-state index contributed by atoms with van der Waals surface area (Å²) in [5, 5.41) is 11.7. The summed E-state index contributed by atoms with van der Waals surface area (Å²) in [6.45, 7) is 8.30. The smallest absolute Gasteiger partial charge is 0.304 e. The van der Waals surface area contributed by atoms with Gasteiger partial charge >= 0.3 is 5.97 Å². The van der Waals surface area contributed by atoms with Gasteiger partial charge < -0.3 is 15.3 Å². The molecule has 0 unspecified atom stereocenters. The molecule has 2 rings (SSSR count). The van der Waals surface area contributed by atoms with Gasteiger partial charge in [0.25, 0.3) is 0 Å². The Morgan fingerprint density at radius 1 is 1.00 bits per heavy atom. The van der Waals surface area contributed by atoms with Crippen molar-refractivity contribution in [1.82, 2.24) is 15.1 Å². The monoisotopic (exact) mass is 319 g/mol. The molecule has 5 heteroatoms. The molecular formula is C18H29N3O2. The number of hydrogen-bond donors (Lipinski definition) is 2. The Hall–Kier alpha value is -1.43. The Morgan fingerprint density at radius 2 is 1.70 bits per heavy atom. The fraction of sp³-hybridized carbons (Fsp3) is 0.611. The zero-order valence-corrected chi connectivity index (χ0v) is 13.9. The third-order valence-electron chi connectivity index (χ3n) is 4.31. The van der Waals surface area contributed by atoms with Gasteiger partial charge in [-0.2, -0.15) is 0 Å². The molecule has 1 saturated heterocycles. The van der Waals surface area contributed by atoms with Gasteiger partial charge in [-0.25, -0.2) is 0 Å². The summed E-state index contributed by atoms with van der Waals surface area (Å²) >= 11 is 0. The number of hydrogen-bond acceptors (Lipinski definition) is 4. The standard InChI is InChI=1S/C18H29N3O2/c22-18(23)8-10-19-9-4-5-11-20-12-14-21(15-13-20)16-17-6-2-1-3-7-17/h1-3,6-7,19H,4-5,8-16H2,(H,22,23). The number of aliphatic carboxylic acids is 1. The van der Waals surface area contributed by atoms with Crippen LogP contribution in [0, 0.1) is 0 Å². The number of benzene rings is 1. The predicted molar refractivity (Wildman–Crippen MR) is 92.5 cm³/mol. The van der Waals surface area contributed by atoms with Crippen molar-refractivity contribution in [2.75, 3.05) is 45.8 Å². The minimum absolute atomic E-state index is 0.212. The molecule has 1 aromatic carbocycles. The van der Waals surface area contributed by atoms with Gasteiger partial charge in [0, 0.05) is 39.3 Å². The van der Waals surface area contributed by atoms with Crippen molar-refractivity contribution in [2.45, 2.75) is 25.8 Å². The Bertz CT molecular complexity index is 445. The highest BCUT2D eigenvalue weighted by molar-refractivity contribution is 5.66. The minimum atomic E-state index is -0.731. The minimum Gasteiger partial charge on any atom is -0.481 e. The highest BCUT2D eigenvalue weighted by Gasteiger charge is 2.16. The number of unbranched alkanes of at least 4 members (excludes halogenated alkanes) is 1. The number of nitrogens with one attached hydrogen (secondary N) is 1. The lowest BCUT2D eigenvalue weighted by Gasteiger charge is -2.34. The van der Waals surface area contributed by atoms with Crippen LogP contribution >= 0.6 is 0 Å². The number of carboxylic acids is 1. The van der Waals surface area contributed by atoms with Crippen LogP contribution in [0.1, 0.15) is 24.8 Å². The van der Waals surface area contributed by atoms with E-state index < -0.39 is 5.97 Å². The van der Waals surface area contributed by atoms with Crippen LogP contribution in [0.15, 0.2) is 30.3 Å². The largest absolute Gasteiger partial charge is 0.481 e. The van der Waals surface area contributed by atoms with Gasteiger partial charge in [0.15, 0.2) is 0 Å². The molecule has 0 atom stereocenters. The first-order valence-corrected chi connectivity index (χ1v) is 8.65. The molecule has 1 fully saturated rings. The topological polar surface area (TPSA) is 55.8 Å². The Morgan fingerprint density at radius 3 is 2.39 bits per heavy atom. The van der Waals surface area contributed by atoms with E-state index in [1.54, 1.807) is 0 Å². The number of piperazine rings is 1. The van der Waals surface area contributed by atoms with Crippen LogP contribution in [0.3, 0.4) is 0 Å². The van der Waals surface area contributed by atoms with Crippen LogP contribution in [0.2, 0.25) is 0 Å². The fourth-order valence-electron chi connectivity index (χ4n) is 2.92. The molecule has 1 aliphatic heterocycles. The molecule has 23 heavy (non-hydrogen) atoms. The zero-order valence-electron chi connectivity index (χ0n) is 13.9. The number of nitrogens with zero attached hydrogens (tertiary/aromatic N) is 2. The first kappa shape index (κ1) is 17.9. The summed E-state index contributed by atoms with van der Waals surface area (Å²) in [6, 6.07) is 10.7. The number of carboxylic acid groups (broad SMARTS) is 1.